The number of hydrogen-bond donors (Lipinski definition) is 1. The van der Waals surface area contributed by atoms with Crippen LogP contribution in [0.5, 0.6) is 0 Å². The molecule has 0 aliphatic rings. The highest BCUT2D eigenvalue weighted by atomic mass is 14.8. The van der Waals surface area contributed by atoms with Gasteiger partial charge in [0, 0.05) is 12.6 Å². The minimum absolute atomic E-state index is 0.975. The predicted molar refractivity (Wildman–Crippen MR) is 50.2 cm³/mol. The molecule has 0 unspecified atom stereocenters. The summed E-state index contributed by atoms with van der Waals surface area (Å²) in [6, 6.07) is 2.42. The van der Waals surface area contributed by atoms with Gasteiger partial charge in [-0.2, -0.15) is 0 Å². The average molecular weight is 153 g/mol. The second-order valence-corrected chi connectivity index (χ2v) is 2.84. The molecule has 0 amide bonds. The summed E-state index contributed by atoms with van der Waals surface area (Å²) in [6.07, 6.45) is 13.0. The normalized spacial score (nSPS) is 9.09. The molecule has 0 saturated carbocycles. The highest BCUT2D eigenvalue weighted by Crippen LogP contribution is 2.03. The average Bonchev–Trinajstić information content (AvgIpc) is 2.03. The van der Waals surface area contributed by atoms with Crippen molar-refractivity contribution in [2.45, 2.75) is 45.4 Å². The Bertz CT molecular complexity index is 102. The van der Waals surface area contributed by atoms with Crippen molar-refractivity contribution >= 4 is 0 Å². The van der Waals surface area contributed by atoms with E-state index in [0.29, 0.717) is 0 Å². The molecule has 0 aromatic heterocycles. The maximum absolute atomic E-state index is 5.03. The van der Waals surface area contributed by atoms with E-state index in [0.717, 1.165) is 6.54 Å². The van der Waals surface area contributed by atoms with Crippen molar-refractivity contribution in [3.8, 4) is 12.5 Å². The van der Waals surface area contributed by atoms with Crippen LogP contribution in [0.25, 0.3) is 0 Å². The maximum Gasteiger partial charge on any atom is 0.0229 e. The van der Waals surface area contributed by atoms with Gasteiger partial charge < -0.3 is 5.32 Å². The van der Waals surface area contributed by atoms with Gasteiger partial charge in [0.2, 0.25) is 0 Å². The van der Waals surface area contributed by atoms with Crippen LogP contribution < -0.4 is 5.32 Å². The fourth-order valence-corrected chi connectivity index (χ4v) is 1.07. The van der Waals surface area contributed by atoms with E-state index in [1.807, 2.05) is 0 Å². The third kappa shape index (κ3) is 9.36. The van der Waals surface area contributed by atoms with Crippen LogP contribution in [0, 0.1) is 12.5 Å². The Morgan fingerprint density at radius 1 is 1.09 bits per heavy atom. The Kier molecular flexibility index (Phi) is 8.82. The van der Waals surface area contributed by atoms with E-state index in [2.05, 4.69) is 18.3 Å². The van der Waals surface area contributed by atoms with Crippen LogP contribution in [-0.2, 0) is 0 Å². The molecule has 0 fully saturated rings. The summed E-state index contributed by atoms with van der Waals surface area (Å²) in [5.41, 5.74) is 0. The number of hydrogen-bond acceptors (Lipinski definition) is 1. The molecular formula is C10H19N. The lowest BCUT2D eigenvalue weighted by molar-refractivity contribution is 0.601. The van der Waals surface area contributed by atoms with E-state index >= 15 is 0 Å². The lowest BCUT2D eigenvalue weighted by Gasteiger charge is -1.98. The molecule has 0 aliphatic carbocycles. The molecule has 1 nitrogen and oxygen atoms in total. The van der Waals surface area contributed by atoms with Crippen molar-refractivity contribution in [3.63, 3.8) is 0 Å². The largest absolute Gasteiger partial charge is 0.346 e. The van der Waals surface area contributed by atoms with Crippen LogP contribution in [0.3, 0.4) is 0 Å². The zero-order chi connectivity index (χ0) is 8.36. The molecule has 0 aromatic carbocycles. The van der Waals surface area contributed by atoms with E-state index in [1.54, 1.807) is 0 Å². The Labute approximate surface area is 70.6 Å². The molecule has 0 rings (SSSR count). The molecule has 0 heterocycles. The van der Waals surface area contributed by atoms with Crippen LogP contribution in [0.1, 0.15) is 45.4 Å². The Balaban J connectivity index is 2.75. The zero-order valence-corrected chi connectivity index (χ0v) is 7.53. The summed E-state index contributed by atoms with van der Waals surface area (Å²) >= 11 is 0. The van der Waals surface area contributed by atoms with E-state index in [-0.39, 0.29) is 0 Å². The first-order valence-corrected chi connectivity index (χ1v) is 4.60. The smallest absolute Gasteiger partial charge is 0.0229 e. The summed E-state index contributed by atoms with van der Waals surface area (Å²) < 4.78 is 0. The van der Waals surface area contributed by atoms with Gasteiger partial charge in [0.1, 0.15) is 0 Å². The first-order valence-electron chi connectivity index (χ1n) is 4.60. The summed E-state index contributed by atoms with van der Waals surface area (Å²) in [7, 11) is 0. The number of rotatable bonds is 7. The van der Waals surface area contributed by atoms with Gasteiger partial charge in [-0.3, -0.25) is 0 Å². The van der Waals surface area contributed by atoms with E-state index in [9.17, 15) is 0 Å². The van der Waals surface area contributed by atoms with Crippen molar-refractivity contribution in [3.05, 3.63) is 0 Å². The summed E-state index contributed by atoms with van der Waals surface area (Å²) in [5.74, 6) is 0. The molecular weight excluding hydrogens is 134 g/mol. The minimum atomic E-state index is 0.975. The van der Waals surface area contributed by atoms with Gasteiger partial charge in [0.15, 0.2) is 0 Å². The van der Waals surface area contributed by atoms with E-state index in [4.69, 9.17) is 6.42 Å². The summed E-state index contributed by atoms with van der Waals surface area (Å²) in [5, 5.41) is 2.87. The molecule has 0 radical (unpaired) electrons. The van der Waals surface area contributed by atoms with Gasteiger partial charge in [-0.1, -0.05) is 45.5 Å². The quantitative estimate of drug-likeness (QED) is 0.337. The molecule has 11 heavy (non-hydrogen) atoms. The van der Waals surface area contributed by atoms with Crippen molar-refractivity contribution < 1.29 is 0 Å². The molecule has 0 saturated heterocycles. The minimum Gasteiger partial charge on any atom is -0.346 e. The van der Waals surface area contributed by atoms with Crippen LogP contribution in [0.15, 0.2) is 0 Å². The van der Waals surface area contributed by atoms with Crippen molar-refractivity contribution in [2.24, 2.45) is 0 Å². The van der Waals surface area contributed by atoms with Gasteiger partial charge in [-0.05, 0) is 6.42 Å². The second-order valence-electron chi connectivity index (χ2n) is 2.84. The monoisotopic (exact) mass is 153 g/mol. The second kappa shape index (κ2) is 9.36. The molecule has 0 aliphatic heterocycles. The van der Waals surface area contributed by atoms with Gasteiger partial charge in [0.05, 0.1) is 0 Å². The van der Waals surface area contributed by atoms with Gasteiger partial charge in [0.25, 0.3) is 0 Å². The SMILES string of the molecule is C#CNCCCCCCCC. The van der Waals surface area contributed by atoms with Gasteiger partial charge in [-0.15, -0.1) is 0 Å². The van der Waals surface area contributed by atoms with Crippen LogP contribution in [0.2, 0.25) is 0 Å². The topological polar surface area (TPSA) is 12.0 Å². The summed E-state index contributed by atoms with van der Waals surface area (Å²) in [4.78, 5) is 0. The molecule has 0 bridgehead atoms. The van der Waals surface area contributed by atoms with E-state index < -0.39 is 0 Å². The van der Waals surface area contributed by atoms with Crippen molar-refractivity contribution in [1.29, 1.82) is 0 Å². The summed E-state index contributed by atoms with van der Waals surface area (Å²) in [6.45, 7) is 3.21. The first-order chi connectivity index (χ1) is 5.41. The van der Waals surface area contributed by atoms with Crippen molar-refractivity contribution in [1.82, 2.24) is 5.32 Å². The Morgan fingerprint density at radius 2 is 1.73 bits per heavy atom. The number of nitrogens with one attached hydrogen (secondary N) is 1. The first kappa shape index (κ1) is 10.4. The number of unbranched alkanes of at least 4 members (excludes halogenated alkanes) is 5. The Morgan fingerprint density at radius 3 is 2.36 bits per heavy atom. The maximum atomic E-state index is 5.03. The zero-order valence-electron chi connectivity index (χ0n) is 7.53. The molecule has 0 aromatic rings. The highest BCUT2D eigenvalue weighted by molar-refractivity contribution is 4.79. The fourth-order valence-electron chi connectivity index (χ4n) is 1.07. The molecule has 64 valence electrons. The third-order valence-electron chi connectivity index (χ3n) is 1.76. The van der Waals surface area contributed by atoms with Gasteiger partial charge in [-0.25, -0.2) is 0 Å². The lowest BCUT2D eigenvalue weighted by atomic mass is 10.1. The van der Waals surface area contributed by atoms with E-state index in [1.165, 1.54) is 38.5 Å². The molecule has 0 spiro atoms. The van der Waals surface area contributed by atoms with Gasteiger partial charge >= 0.3 is 0 Å². The van der Waals surface area contributed by atoms with Crippen LogP contribution in [0.4, 0.5) is 0 Å². The fraction of sp³-hybridized carbons (Fsp3) is 0.800. The molecule has 0 atom stereocenters. The molecule has 1 heteroatoms. The lowest BCUT2D eigenvalue weighted by Crippen LogP contribution is -2.06. The number of terminal acetylenes is 1. The highest BCUT2D eigenvalue weighted by Gasteiger charge is 1.87. The predicted octanol–water partition coefficient (Wildman–Crippen LogP) is 2.53. The third-order valence-corrected chi connectivity index (χ3v) is 1.76. The van der Waals surface area contributed by atoms with Crippen LogP contribution >= 0.6 is 0 Å². The molecule has 1 N–H and O–H groups in total. The standard InChI is InChI=1S/C10H19N/c1-3-5-6-7-8-9-10-11-4-2/h2,11H,3,5-10H2,1H3. The van der Waals surface area contributed by atoms with Crippen molar-refractivity contribution in [2.75, 3.05) is 6.54 Å². The Hall–Kier alpha value is -0.640. The van der Waals surface area contributed by atoms with Crippen LogP contribution in [-0.4, -0.2) is 6.54 Å².